The van der Waals surface area contributed by atoms with Gasteiger partial charge in [0.25, 0.3) is 0 Å². The van der Waals surface area contributed by atoms with Crippen LogP contribution in [0.4, 0.5) is 4.79 Å². The van der Waals surface area contributed by atoms with Crippen LogP contribution in [-0.4, -0.2) is 33.8 Å². The van der Waals surface area contributed by atoms with E-state index < -0.39 is 0 Å². The lowest BCUT2D eigenvalue weighted by atomic mass is 10.3. The summed E-state index contributed by atoms with van der Waals surface area (Å²) in [5.74, 6) is 0.731. The van der Waals surface area contributed by atoms with E-state index in [9.17, 15) is 4.79 Å². The highest BCUT2D eigenvalue weighted by molar-refractivity contribution is 9.10. The van der Waals surface area contributed by atoms with Crippen molar-refractivity contribution < 1.29 is 9.21 Å². The number of rotatable bonds is 5. The van der Waals surface area contributed by atoms with E-state index in [0.29, 0.717) is 17.8 Å². The fourth-order valence-electron chi connectivity index (χ4n) is 1.80. The number of nitrogens with one attached hydrogen (secondary N) is 1. The molecule has 1 N–H and O–H groups in total. The number of urea groups is 1. The van der Waals surface area contributed by atoms with Gasteiger partial charge in [-0.3, -0.25) is 4.68 Å². The van der Waals surface area contributed by atoms with Gasteiger partial charge in [0, 0.05) is 25.5 Å². The Balaban J connectivity index is 1.81. The molecule has 0 bridgehead atoms. The maximum absolute atomic E-state index is 12.0. The van der Waals surface area contributed by atoms with E-state index in [2.05, 4.69) is 26.3 Å². The summed E-state index contributed by atoms with van der Waals surface area (Å²) in [5.41, 5.74) is 0. The second kappa shape index (κ2) is 6.60. The van der Waals surface area contributed by atoms with Gasteiger partial charge in [0.15, 0.2) is 4.67 Å². The molecule has 0 aliphatic carbocycles. The van der Waals surface area contributed by atoms with E-state index in [1.807, 2.05) is 25.3 Å². The van der Waals surface area contributed by atoms with Gasteiger partial charge in [-0.05, 0) is 41.1 Å². The predicted molar refractivity (Wildman–Crippen MR) is 78.1 cm³/mol. The Labute approximate surface area is 125 Å². The summed E-state index contributed by atoms with van der Waals surface area (Å²) in [4.78, 5) is 13.6. The van der Waals surface area contributed by atoms with Crippen LogP contribution in [0, 0.1) is 0 Å². The minimum Gasteiger partial charge on any atom is -0.452 e. The summed E-state index contributed by atoms with van der Waals surface area (Å²) in [7, 11) is 1.73. The number of halogens is 1. The largest absolute Gasteiger partial charge is 0.452 e. The van der Waals surface area contributed by atoms with Gasteiger partial charge in [-0.2, -0.15) is 5.10 Å². The Bertz CT molecular complexity index is 552. The second-order valence-electron chi connectivity index (χ2n) is 4.64. The second-order valence-corrected chi connectivity index (χ2v) is 5.42. The van der Waals surface area contributed by atoms with Crippen molar-refractivity contribution in [1.82, 2.24) is 20.0 Å². The standard InChI is InChI=1S/C13H17BrN4O2/c1-10(8-18-7-3-6-15-18)16-13(19)17(2)9-11-4-5-12(14)20-11/h3-7,10H,8-9H2,1-2H3,(H,16,19)/t10-/m0/s1. The molecule has 2 aromatic rings. The molecule has 6 nitrogen and oxygen atoms in total. The Morgan fingerprint density at radius 3 is 3.00 bits per heavy atom. The van der Waals surface area contributed by atoms with Crippen LogP contribution in [-0.2, 0) is 13.1 Å². The number of carbonyl (C=O) groups excluding carboxylic acids is 1. The van der Waals surface area contributed by atoms with Crippen molar-refractivity contribution in [2.75, 3.05) is 7.05 Å². The zero-order valence-electron chi connectivity index (χ0n) is 11.4. The van der Waals surface area contributed by atoms with Gasteiger partial charge in [0.1, 0.15) is 5.76 Å². The molecule has 0 spiro atoms. The summed E-state index contributed by atoms with van der Waals surface area (Å²) < 4.78 is 7.82. The summed E-state index contributed by atoms with van der Waals surface area (Å²) in [6.07, 6.45) is 3.59. The van der Waals surface area contributed by atoms with Crippen LogP contribution >= 0.6 is 15.9 Å². The summed E-state index contributed by atoms with van der Waals surface area (Å²) in [6, 6.07) is 5.35. The Morgan fingerprint density at radius 2 is 2.40 bits per heavy atom. The number of aromatic nitrogens is 2. The molecule has 0 unspecified atom stereocenters. The topological polar surface area (TPSA) is 63.3 Å². The molecule has 0 fully saturated rings. The van der Waals surface area contributed by atoms with Gasteiger partial charge in [-0.25, -0.2) is 4.79 Å². The summed E-state index contributed by atoms with van der Waals surface area (Å²) in [5, 5.41) is 7.03. The average Bonchev–Trinajstić information content (AvgIpc) is 3.01. The van der Waals surface area contributed by atoms with Crippen molar-refractivity contribution in [3.8, 4) is 0 Å². The smallest absolute Gasteiger partial charge is 0.317 e. The van der Waals surface area contributed by atoms with Gasteiger partial charge >= 0.3 is 6.03 Å². The molecule has 0 radical (unpaired) electrons. The van der Waals surface area contributed by atoms with E-state index >= 15 is 0 Å². The van der Waals surface area contributed by atoms with E-state index in [1.165, 1.54) is 0 Å². The Morgan fingerprint density at radius 1 is 1.60 bits per heavy atom. The highest BCUT2D eigenvalue weighted by Gasteiger charge is 2.14. The maximum atomic E-state index is 12.0. The zero-order chi connectivity index (χ0) is 14.5. The molecule has 2 rings (SSSR count). The van der Waals surface area contributed by atoms with Crippen LogP contribution in [0.25, 0.3) is 0 Å². The van der Waals surface area contributed by atoms with Crippen molar-refractivity contribution in [1.29, 1.82) is 0 Å². The van der Waals surface area contributed by atoms with E-state index in [-0.39, 0.29) is 12.1 Å². The first-order valence-electron chi connectivity index (χ1n) is 6.28. The fraction of sp³-hybridized carbons (Fsp3) is 0.385. The SMILES string of the molecule is C[C@@H](Cn1cccn1)NC(=O)N(C)Cc1ccc(Br)o1. The molecular weight excluding hydrogens is 324 g/mol. The molecule has 20 heavy (non-hydrogen) atoms. The molecule has 2 heterocycles. The molecule has 7 heteroatoms. The number of hydrogen-bond donors (Lipinski definition) is 1. The van der Waals surface area contributed by atoms with Crippen LogP contribution in [0.3, 0.4) is 0 Å². The zero-order valence-corrected chi connectivity index (χ0v) is 13.0. The third kappa shape index (κ3) is 4.12. The van der Waals surface area contributed by atoms with Crippen LogP contribution in [0.2, 0.25) is 0 Å². The molecule has 0 saturated heterocycles. The number of nitrogens with zero attached hydrogens (tertiary/aromatic N) is 3. The molecule has 0 aliphatic heterocycles. The lowest BCUT2D eigenvalue weighted by Crippen LogP contribution is -2.43. The molecule has 2 aromatic heterocycles. The fourth-order valence-corrected chi connectivity index (χ4v) is 2.14. The first kappa shape index (κ1) is 14.6. The van der Waals surface area contributed by atoms with Crippen LogP contribution in [0.15, 0.2) is 39.7 Å². The lowest BCUT2D eigenvalue weighted by molar-refractivity contribution is 0.198. The number of hydrogen-bond acceptors (Lipinski definition) is 3. The van der Waals surface area contributed by atoms with Crippen LogP contribution < -0.4 is 5.32 Å². The minimum atomic E-state index is -0.142. The third-order valence-electron chi connectivity index (χ3n) is 2.76. The summed E-state index contributed by atoms with van der Waals surface area (Å²) in [6.45, 7) is 3.00. The van der Waals surface area contributed by atoms with Crippen LogP contribution in [0.5, 0.6) is 0 Å². The minimum absolute atomic E-state index is 0.00631. The molecule has 0 saturated carbocycles. The van der Waals surface area contributed by atoms with Crippen molar-refractivity contribution in [2.45, 2.75) is 26.1 Å². The molecule has 1 atom stereocenters. The average molecular weight is 341 g/mol. The third-order valence-corrected chi connectivity index (χ3v) is 3.18. The van der Waals surface area contributed by atoms with Gasteiger partial charge in [-0.15, -0.1) is 0 Å². The van der Waals surface area contributed by atoms with E-state index in [1.54, 1.807) is 28.9 Å². The number of carbonyl (C=O) groups is 1. The van der Waals surface area contributed by atoms with Crippen molar-refractivity contribution in [3.63, 3.8) is 0 Å². The van der Waals surface area contributed by atoms with Gasteiger partial charge in [0.2, 0.25) is 0 Å². The summed E-state index contributed by atoms with van der Waals surface area (Å²) >= 11 is 3.24. The lowest BCUT2D eigenvalue weighted by Gasteiger charge is -2.20. The first-order valence-corrected chi connectivity index (χ1v) is 7.07. The normalized spacial score (nSPS) is 12.2. The molecular formula is C13H17BrN4O2. The predicted octanol–water partition coefficient (Wildman–Crippen LogP) is 2.47. The monoisotopic (exact) mass is 340 g/mol. The van der Waals surface area contributed by atoms with Gasteiger partial charge in [0.05, 0.1) is 13.1 Å². The quantitative estimate of drug-likeness (QED) is 0.909. The van der Waals surface area contributed by atoms with Crippen LogP contribution in [0.1, 0.15) is 12.7 Å². The Kier molecular flexibility index (Phi) is 4.84. The number of amides is 2. The van der Waals surface area contributed by atoms with Gasteiger partial charge < -0.3 is 14.6 Å². The number of furan rings is 1. The molecule has 2 amide bonds. The first-order chi connectivity index (χ1) is 9.54. The van der Waals surface area contributed by atoms with Crippen molar-refractivity contribution in [2.24, 2.45) is 0 Å². The van der Waals surface area contributed by atoms with E-state index in [0.717, 1.165) is 5.76 Å². The Hall–Kier alpha value is -1.76. The van der Waals surface area contributed by atoms with E-state index in [4.69, 9.17) is 4.42 Å². The molecule has 0 aliphatic rings. The molecule has 0 aromatic carbocycles. The highest BCUT2D eigenvalue weighted by atomic mass is 79.9. The van der Waals surface area contributed by atoms with Crippen molar-refractivity contribution in [3.05, 3.63) is 41.0 Å². The molecule has 108 valence electrons. The van der Waals surface area contributed by atoms with Crippen molar-refractivity contribution >= 4 is 22.0 Å². The highest BCUT2D eigenvalue weighted by Crippen LogP contribution is 2.15. The van der Waals surface area contributed by atoms with Gasteiger partial charge in [-0.1, -0.05) is 0 Å². The maximum Gasteiger partial charge on any atom is 0.317 e.